The summed E-state index contributed by atoms with van der Waals surface area (Å²) < 4.78 is 11.5. The first kappa shape index (κ1) is 20.0. The van der Waals surface area contributed by atoms with Crippen LogP contribution < -0.4 is 15.5 Å². The number of rotatable bonds is 7. The van der Waals surface area contributed by atoms with Crippen LogP contribution in [0.1, 0.15) is 23.6 Å². The highest BCUT2D eigenvalue weighted by Crippen LogP contribution is 2.31. The van der Waals surface area contributed by atoms with Crippen LogP contribution in [0.25, 0.3) is 11.3 Å². The predicted octanol–water partition coefficient (Wildman–Crippen LogP) is 4.77. The number of carbonyl (C=O) groups excluding carboxylic acids is 1. The minimum atomic E-state index is -0.0717. The van der Waals surface area contributed by atoms with Crippen LogP contribution in [0.5, 0.6) is 0 Å². The van der Waals surface area contributed by atoms with E-state index in [9.17, 15) is 4.79 Å². The molecule has 1 aliphatic rings. The highest BCUT2D eigenvalue weighted by Gasteiger charge is 2.23. The van der Waals surface area contributed by atoms with Crippen molar-refractivity contribution in [3.05, 3.63) is 59.3 Å². The van der Waals surface area contributed by atoms with Crippen LogP contribution in [0.2, 0.25) is 0 Å². The molecule has 7 nitrogen and oxygen atoms in total. The summed E-state index contributed by atoms with van der Waals surface area (Å²) in [6.07, 6.45) is 1.69. The molecule has 2 heterocycles. The van der Waals surface area contributed by atoms with Crippen molar-refractivity contribution in [1.29, 1.82) is 0 Å². The third-order valence-electron chi connectivity index (χ3n) is 5.16. The van der Waals surface area contributed by atoms with Crippen LogP contribution in [0.3, 0.4) is 0 Å². The van der Waals surface area contributed by atoms with E-state index in [0.717, 1.165) is 33.6 Å². The van der Waals surface area contributed by atoms with E-state index in [2.05, 4.69) is 21.7 Å². The van der Waals surface area contributed by atoms with E-state index >= 15 is 0 Å². The number of amides is 2. The van der Waals surface area contributed by atoms with Crippen molar-refractivity contribution < 1.29 is 13.9 Å². The third kappa shape index (κ3) is 4.16. The van der Waals surface area contributed by atoms with Crippen molar-refractivity contribution in [2.45, 2.75) is 27.4 Å². The molecule has 2 aromatic carbocycles. The van der Waals surface area contributed by atoms with Crippen LogP contribution in [0, 0.1) is 13.8 Å². The average molecular weight is 406 g/mol. The number of hydrogen-bond acceptors (Lipinski definition) is 5. The van der Waals surface area contributed by atoms with Crippen LogP contribution in [0.4, 0.5) is 22.2 Å². The maximum atomic E-state index is 12.1. The quantitative estimate of drug-likeness (QED) is 0.591. The summed E-state index contributed by atoms with van der Waals surface area (Å²) in [7, 11) is 0. The summed E-state index contributed by atoms with van der Waals surface area (Å²) in [4.78, 5) is 18.2. The number of oxazole rings is 1. The number of hydrogen-bond donors (Lipinski definition) is 2. The molecule has 0 aliphatic carbocycles. The lowest BCUT2D eigenvalue weighted by molar-refractivity contribution is 0.134. The lowest BCUT2D eigenvalue weighted by atomic mass is 10.1. The SMILES string of the molecule is CCOCc1ccc(C)c(Nc2ncc(-c3ccc(C)c(N4CCNC4=O)c3)o2)c1. The molecule has 7 heteroatoms. The first-order valence-corrected chi connectivity index (χ1v) is 10.1. The van der Waals surface area contributed by atoms with E-state index in [1.807, 2.05) is 51.1 Å². The number of aromatic nitrogens is 1. The van der Waals surface area contributed by atoms with Gasteiger partial charge in [-0.1, -0.05) is 24.3 Å². The van der Waals surface area contributed by atoms with Crippen molar-refractivity contribution >= 4 is 23.4 Å². The maximum absolute atomic E-state index is 12.1. The molecule has 156 valence electrons. The van der Waals surface area contributed by atoms with E-state index in [1.165, 1.54) is 0 Å². The molecule has 1 aliphatic heterocycles. The highest BCUT2D eigenvalue weighted by atomic mass is 16.5. The van der Waals surface area contributed by atoms with Gasteiger partial charge in [-0.05, 0) is 49.6 Å². The third-order valence-corrected chi connectivity index (χ3v) is 5.16. The number of nitrogens with one attached hydrogen (secondary N) is 2. The number of aryl methyl sites for hydroxylation is 2. The summed E-state index contributed by atoms with van der Waals surface area (Å²) in [6.45, 7) is 8.56. The standard InChI is InChI=1S/C23H26N4O3/c1-4-29-14-17-7-5-15(2)19(11-17)26-22-25-13-21(30-22)18-8-6-16(3)20(12-18)27-10-9-24-23(27)28/h5-8,11-13H,4,9-10,14H2,1-3H3,(H,24,28)(H,25,26). The Balaban J connectivity index is 1.56. The zero-order valence-electron chi connectivity index (χ0n) is 17.5. The molecule has 0 saturated carbocycles. The van der Waals surface area contributed by atoms with E-state index in [-0.39, 0.29) is 6.03 Å². The lowest BCUT2D eigenvalue weighted by Gasteiger charge is -2.17. The fourth-order valence-corrected chi connectivity index (χ4v) is 3.45. The lowest BCUT2D eigenvalue weighted by Crippen LogP contribution is -2.28. The second-order valence-electron chi connectivity index (χ2n) is 7.33. The van der Waals surface area contributed by atoms with Crippen molar-refractivity contribution in [2.24, 2.45) is 0 Å². The number of carbonyl (C=O) groups is 1. The largest absolute Gasteiger partial charge is 0.423 e. The minimum absolute atomic E-state index is 0.0717. The van der Waals surface area contributed by atoms with E-state index < -0.39 is 0 Å². The van der Waals surface area contributed by atoms with Crippen molar-refractivity contribution in [1.82, 2.24) is 10.3 Å². The Hall–Kier alpha value is -3.32. The molecule has 0 atom stereocenters. The monoisotopic (exact) mass is 406 g/mol. The van der Waals surface area contributed by atoms with Gasteiger partial charge in [0.1, 0.15) is 0 Å². The Morgan fingerprint density at radius 2 is 2.03 bits per heavy atom. The Bertz CT molecular complexity index is 1060. The van der Waals surface area contributed by atoms with Gasteiger partial charge in [0.15, 0.2) is 5.76 Å². The molecule has 1 aromatic heterocycles. The molecular formula is C23H26N4O3. The Morgan fingerprint density at radius 3 is 2.80 bits per heavy atom. The zero-order chi connectivity index (χ0) is 21.1. The zero-order valence-corrected chi connectivity index (χ0v) is 17.5. The first-order valence-electron chi connectivity index (χ1n) is 10.1. The number of urea groups is 1. The number of anilines is 3. The van der Waals surface area contributed by atoms with Gasteiger partial charge in [0.25, 0.3) is 6.01 Å². The van der Waals surface area contributed by atoms with Gasteiger partial charge in [-0.25, -0.2) is 9.78 Å². The van der Waals surface area contributed by atoms with E-state index in [1.54, 1.807) is 11.1 Å². The first-order chi connectivity index (χ1) is 14.5. The van der Waals surface area contributed by atoms with Crippen LogP contribution >= 0.6 is 0 Å². The van der Waals surface area contributed by atoms with Crippen LogP contribution in [0.15, 0.2) is 47.0 Å². The van der Waals surface area contributed by atoms with Gasteiger partial charge >= 0.3 is 6.03 Å². The second kappa shape index (κ2) is 8.59. The molecule has 4 rings (SSSR count). The predicted molar refractivity (Wildman–Crippen MR) is 117 cm³/mol. The normalized spacial score (nSPS) is 13.6. The van der Waals surface area contributed by atoms with Gasteiger partial charge in [-0.15, -0.1) is 0 Å². The number of nitrogens with zero attached hydrogens (tertiary/aromatic N) is 2. The molecule has 1 fully saturated rings. The van der Waals surface area contributed by atoms with Crippen molar-refractivity contribution in [2.75, 3.05) is 29.9 Å². The Kier molecular flexibility index (Phi) is 5.72. The average Bonchev–Trinajstić information content (AvgIpc) is 3.38. The van der Waals surface area contributed by atoms with Gasteiger partial charge in [0.05, 0.1) is 12.8 Å². The van der Waals surface area contributed by atoms with Gasteiger partial charge in [-0.2, -0.15) is 0 Å². The Morgan fingerprint density at radius 1 is 1.20 bits per heavy atom. The summed E-state index contributed by atoms with van der Waals surface area (Å²) in [5.41, 5.74) is 5.90. The topological polar surface area (TPSA) is 79.6 Å². The van der Waals surface area contributed by atoms with Crippen molar-refractivity contribution in [3.8, 4) is 11.3 Å². The van der Waals surface area contributed by atoms with Gasteiger partial charge in [-0.3, -0.25) is 4.90 Å². The Labute approximate surface area is 176 Å². The fourth-order valence-electron chi connectivity index (χ4n) is 3.45. The number of benzene rings is 2. The summed E-state index contributed by atoms with van der Waals surface area (Å²) >= 11 is 0. The molecule has 0 unspecified atom stereocenters. The summed E-state index contributed by atoms with van der Waals surface area (Å²) in [6, 6.07) is 12.4. The fraction of sp³-hybridized carbons (Fsp3) is 0.304. The summed E-state index contributed by atoms with van der Waals surface area (Å²) in [5, 5.41) is 6.10. The molecule has 30 heavy (non-hydrogen) atoms. The molecule has 0 bridgehead atoms. The van der Waals surface area contributed by atoms with Gasteiger partial charge in [0.2, 0.25) is 0 Å². The van der Waals surface area contributed by atoms with Gasteiger partial charge in [0, 0.05) is 36.6 Å². The molecule has 3 aromatic rings. The molecule has 2 N–H and O–H groups in total. The van der Waals surface area contributed by atoms with Crippen LogP contribution in [-0.2, 0) is 11.3 Å². The van der Waals surface area contributed by atoms with E-state index in [0.29, 0.717) is 38.1 Å². The molecule has 0 spiro atoms. The minimum Gasteiger partial charge on any atom is -0.423 e. The molecule has 1 saturated heterocycles. The van der Waals surface area contributed by atoms with E-state index in [4.69, 9.17) is 9.15 Å². The molecular weight excluding hydrogens is 380 g/mol. The molecule has 0 radical (unpaired) electrons. The number of ether oxygens (including phenoxy) is 1. The van der Waals surface area contributed by atoms with Crippen LogP contribution in [-0.4, -0.2) is 30.7 Å². The smallest absolute Gasteiger partial charge is 0.322 e. The summed E-state index contributed by atoms with van der Waals surface area (Å²) in [5.74, 6) is 0.640. The van der Waals surface area contributed by atoms with Crippen molar-refractivity contribution in [3.63, 3.8) is 0 Å². The second-order valence-corrected chi connectivity index (χ2v) is 7.33. The van der Waals surface area contributed by atoms with Gasteiger partial charge < -0.3 is 19.8 Å². The maximum Gasteiger partial charge on any atom is 0.322 e. The highest BCUT2D eigenvalue weighted by molar-refractivity contribution is 5.95. The molecule has 2 amide bonds.